The number of ether oxygens (including phenoxy) is 1. The molecule has 0 N–H and O–H groups in total. The fourth-order valence-corrected chi connectivity index (χ4v) is 6.90. The Morgan fingerprint density at radius 1 is 0.784 bits per heavy atom. The highest BCUT2D eigenvalue weighted by Crippen LogP contribution is 2.51. The summed E-state index contributed by atoms with van der Waals surface area (Å²) in [4.78, 5) is 12.6. The molecule has 0 spiro atoms. The fraction of sp³-hybridized carbons (Fsp3) is 0.265. The van der Waals surface area contributed by atoms with E-state index in [9.17, 15) is 4.79 Å². The molecule has 0 aromatic heterocycles. The third-order valence-electron chi connectivity index (χ3n) is 7.30. The lowest BCUT2D eigenvalue weighted by molar-refractivity contribution is 0.101. The predicted molar refractivity (Wildman–Crippen MR) is 158 cm³/mol. The van der Waals surface area contributed by atoms with Crippen molar-refractivity contribution in [3.63, 3.8) is 0 Å². The first-order valence-corrected chi connectivity index (χ1v) is 14.2. The average Bonchev–Trinajstić information content (AvgIpc) is 2.93. The van der Waals surface area contributed by atoms with Crippen LogP contribution in [0, 0.1) is 6.92 Å². The van der Waals surface area contributed by atoms with Gasteiger partial charge in [0.05, 0.1) is 0 Å². The molecule has 1 unspecified atom stereocenters. The van der Waals surface area contributed by atoms with Gasteiger partial charge in [-0.2, -0.15) is 0 Å². The SMILES string of the molecule is CCC(CC)(Pc1c(C)cccc1C(C)=O)c1cccc(Cc2ccccc2)c1OCc1ccccc1. The van der Waals surface area contributed by atoms with Crippen molar-refractivity contribution >= 4 is 19.7 Å². The quantitative estimate of drug-likeness (QED) is 0.150. The van der Waals surface area contributed by atoms with Crippen LogP contribution in [0.3, 0.4) is 0 Å². The zero-order chi connectivity index (χ0) is 26.3. The maximum atomic E-state index is 12.6. The molecule has 0 aliphatic rings. The minimum absolute atomic E-state index is 0.130. The topological polar surface area (TPSA) is 26.3 Å². The summed E-state index contributed by atoms with van der Waals surface area (Å²) in [5.41, 5.74) is 6.90. The summed E-state index contributed by atoms with van der Waals surface area (Å²) >= 11 is 0. The normalized spacial score (nSPS) is 11.7. The summed E-state index contributed by atoms with van der Waals surface area (Å²) in [7, 11) is 0.465. The second-order valence-corrected chi connectivity index (χ2v) is 11.4. The number of carbonyl (C=O) groups is 1. The van der Waals surface area contributed by atoms with Gasteiger partial charge in [0.15, 0.2) is 5.78 Å². The Labute approximate surface area is 223 Å². The van der Waals surface area contributed by atoms with Gasteiger partial charge < -0.3 is 4.74 Å². The van der Waals surface area contributed by atoms with Gasteiger partial charge in [0.25, 0.3) is 0 Å². The molecule has 190 valence electrons. The van der Waals surface area contributed by atoms with Crippen LogP contribution in [-0.2, 0) is 18.2 Å². The zero-order valence-corrected chi connectivity index (χ0v) is 23.4. The fourth-order valence-electron chi connectivity index (χ4n) is 5.06. The van der Waals surface area contributed by atoms with Crippen LogP contribution in [0.2, 0.25) is 0 Å². The smallest absolute Gasteiger partial charge is 0.160 e. The number of hydrogen-bond donors (Lipinski definition) is 0. The molecule has 0 radical (unpaired) electrons. The average molecular weight is 509 g/mol. The van der Waals surface area contributed by atoms with E-state index in [0.717, 1.165) is 36.1 Å². The summed E-state index contributed by atoms with van der Waals surface area (Å²) in [5.74, 6) is 1.12. The molecule has 0 saturated heterocycles. The molecule has 0 heterocycles. The maximum absolute atomic E-state index is 12.6. The van der Waals surface area contributed by atoms with Crippen molar-refractivity contribution < 1.29 is 9.53 Å². The minimum Gasteiger partial charge on any atom is -0.488 e. The van der Waals surface area contributed by atoms with Crippen molar-refractivity contribution in [3.05, 3.63) is 130 Å². The largest absolute Gasteiger partial charge is 0.488 e. The molecular formula is C34H37O2P. The van der Waals surface area contributed by atoms with Gasteiger partial charge in [-0.1, -0.05) is 119 Å². The number of benzene rings is 4. The second-order valence-electron chi connectivity index (χ2n) is 9.70. The zero-order valence-electron chi connectivity index (χ0n) is 22.4. The van der Waals surface area contributed by atoms with E-state index in [-0.39, 0.29) is 10.9 Å². The van der Waals surface area contributed by atoms with Crippen LogP contribution in [0.1, 0.15) is 71.8 Å². The first-order chi connectivity index (χ1) is 18.0. The van der Waals surface area contributed by atoms with E-state index in [1.165, 1.54) is 27.6 Å². The van der Waals surface area contributed by atoms with Crippen LogP contribution < -0.4 is 10.0 Å². The van der Waals surface area contributed by atoms with E-state index in [1.807, 2.05) is 18.2 Å². The molecule has 0 fully saturated rings. The Kier molecular flexibility index (Phi) is 8.95. The van der Waals surface area contributed by atoms with E-state index < -0.39 is 0 Å². The monoisotopic (exact) mass is 508 g/mol. The lowest BCUT2D eigenvalue weighted by Crippen LogP contribution is -2.26. The number of aryl methyl sites for hydroxylation is 1. The number of Topliss-reactive ketones (excluding diaryl/α,β-unsaturated/α-hetero) is 1. The molecule has 4 aromatic rings. The number of hydrogen-bond acceptors (Lipinski definition) is 2. The Hall–Kier alpha value is -3.22. The number of para-hydroxylation sites is 1. The Bertz CT molecular complexity index is 1320. The second kappa shape index (κ2) is 12.3. The molecule has 37 heavy (non-hydrogen) atoms. The molecule has 4 aromatic carbocycles. The molecule has 0 aliphatic carbocycles. The number of rotatable bonds is 11. The third kappa shape index (κ3) is 6.20. The van der Waals surface area contributed by atoms with Gasteiger partial charge in [-0.05, 0) is 54.2 Å². The van der Waals surface area contributed by atoms with Crippen LogP contribution in [-0.4, -0.2) is 5.78 Å². The number of carbonyl (C=O) groups excluding carboxylic acids is 1. The predicted octanol–water partition coefficient (Wildman–Crippen LogP) is 8.39. The summed E-state index contributed by atoms with van der Waals surface area (Å²) in [5, 5.41) is 1.05. The van der Waals surface area contributed by atoms with Gasteiger partial charge in [-0.3, -0.25) is 4.79 Å². The van der Waals surface area contributed by atoms with Gasteiger partial charge in [0.2, 0.25) is 0 Å². The molecule has 0 saturated carbocycles. The molecular weight excluding hydrogens is 471 g/mol. The standard InChI is InChI=1S/C34H37O2P/c1-5-34(6-2,37-33-25(3)15-13-21-30(33)26(4)35)31-22-14-20-29(23-27-16-9-7-10-17-27)32(31)36-24-28-18-11-8-12-19-28/h7-22,37H,5-6,23-24H2,1-4H3. The van der Waals surface area contributed by atoms with Crippen LogP contribution in [0.25, 0.3) is 0 Å². The van der Waals surface area contributed by atoms with E-state index in [2.05, 4.69) is 99.6 Å². The van der Waals surface area contributed by atoms with Crippen molar-refractivity contribution in [2.24, 2.45) is 0 Å². The van der Waals surface area contributed by atoms with Gasteiger partial charge in [0, 0.05) is 22.7 Å². The van der Waals surface area contributed by atoms with E-state index in [4.69, 9.17) is 4.74 Å². The van der Waals surface area contributed by atoms with Gasteiger partial charge in [-0.15, -0.1) is 0 Å². The van der Waals surface area contributed by atoms with Gasteiger partial charge in [-0.25, -0.2) is 0 Å². The maximum Gasteiger partial charge on any atom is 0.160 e. The van der Waals surface area contributed by atoms with Crippen molar-refractivity contribution in [1.29, 1.82) is 0 Å². The first kappa shape index (κ1) is 26.8. The van der Waals surface area contributed by atoms with Crippen molar-refractivity contribution in [1.82, 2.24) is 0 Å². The highest BCUT2D eigenvalue weighted by atomic mass is 31.1. The van der Waals surface area contributed by atoms with Crippen LogP contribution in [0.15, 0.2) is 97.1 Å². The van der Waals surface area contributed by atoms with Gasteiger partial charge in [0.1, 0.15) is 12.4 Å². The molecule has 0 bridgehead atoms. The van der Waals surface area contributed by atoms with E-state index in [0.29, 0.717) is 15.2 Å². The third-order valence-corrected chi connectivity index (χ3v) is 9.67. The molecule has 0 aliphatic heterocycles. The molecule has 3 heteroatoms. The molecule has 0 amide bonds. The van der Waals surface area contributed by atoms with E-state index >= 15 is 0 Å². The summed E-state index contributed by atoms with van der Waals surface area (Å²) in [6.07, 6.45) is 2.74. The molecule has 4 rings (SSSR count). The summed E-state index contributed by atoms with van der Waals surface area (Å²) < 4.78 is 6.72. The van der Waals surface area contributed by atoms with Crippen molar-refractivity contribution in [2.75, 3.05) is 0 Å². The Balaban J connectivity index is 1.83. The lowest BCUT2D eigenvalue weighted by atomic mass is 9.89. The molecule has 2 nitrogen and oxygen atoms in total. The first-order valence-electron chi connectivity index (χ1n) is 13.2. The Morgan fingerprint density at radius 3 is 2.03 bits per heavy atom. The van der Waals surface area contributed by atoms with Crippen molar-refractivity contribution in [3.8, 4) is 5.75 Å². The van der Waals surface area contributed by atoms with E-state index in [1.54, 1.807) is 6.92 Å². The summed E-state index contributed by atoms with van der Waals surface area (Å²) in [6.45, 7) is 8.87. The van der Waals surface area contributed by atoms with Gasteiger partial charge >= 0.3 is 0 Å². The minimum atomic E-state index is -0.130. The van der Waals surface area contributed by atoms with Crippen LogP contribution in [0.4, 0.5) is 0 Å². The van der Waals surface area contributed by atoms with Crippen LogP contribution in [0.5, 0.6) is 5.75 Å². The number of ketones is 1. The highest BCUT2D eigenvalue weighted by Gasteiger charge is 2.34. The molecule has 1 atom stereocenters. The summed E-state index contributed by atoms with van der Waals surface area (Å²) in [6, 6.07) is 33.7. The van der Waals surface area contributed by atoms with Crippen LogP contribution >= 0.6 is 8.58 Å². The Morgan fingerprint density at radius 2 is 1.41 bits per heavy atom. The highest BCUT2D eigenvalue weighted by molar-refractivity contribution is 7.49. The lowest BCUT2D eigenvalue weighted by Gasteiger charge is -2.36. The van der Waals surface area contributed by atoms with Crippen molar-refractivity contribution in [2.45, 2.75) is 58.7 Å².